The lowest BCUT2D eigenvalue weighted by atomic mass is 9.78. The molecule has 0 nitrogen and oxygen atoms in total. The van der Waals surface area contributed by atoms with Gasteiger partial charge in [-0.25, -0.2) is 0 Å². The molecular weight excluding hydrogens is 565 g/mol. The van der Waals surface area contributed by atoms with Crippen molar-refractivity contribution in [3.63, 3.8) is 0 Å². The fraction of sp³-hybridized carbons (Fsp3) is 0.149. The molecule has 0 bridgehead atoms. The number of hydrogen-bond acceptors (Lipinski definition) is 0. The van der Waals surface area contributed by atoms with E-state index in [2.05, 4.69) is 174 Å². The zero-order valence-corrected chi connectivity index (χ0v) is 27.8. The predicted octanol–water partition coefficient (Wildman–Crippen LogP) is 13.2. The molecule has 1 aliphatic carbocycles. The first-order chi connectivity index (χ1) is 22.7. The van der Waals surface area contributed by atoms with Gasteiger partial charge < -0.3 is 0 Å². The van der Waals surface area contributed by atoms with Gasteiger partial charge in [-0.3, -0.25) is 0 Å². The Balaban J connectivity index is 1.02. The van der Waals surface area contributed by atoms with Gasteiger partial charge in [-0.1, -0.05) is 168 Å². The molecule has 0 saturated heterocycles. The first-order valence-corrected chi connectivity index (χ1v) is 16.8. The van der Waals surface area contributed by atoms with Gasteiger partial charge in [-0.2, -0.15) is 0 Å². The van der Waals surface area contributed by atoms with Gasteiger partial charge in [0.25, 0.3) is 0 Å². The maximum absolute atomic E-state index is 2.44. The lowest BCUT2D eigenvalue weighted by Crippen LogP contribution is -2.17. The minimum atomic E-state index is -0.0294. The fourth-order valence-electron chi connectivity index (χ4n) is 8.07. The molecule has 0 heteroatoms. The molecule has 0 N–H and O–H groups in total. The Bertz CT molecular complexity index is 2470. The highest BCUT2D eigenvalue weighted by Gasteiger charge is 2.36. The second kappa shape index (κ2) is 9.90. The molecular formula is C47H38. The zero-order valence-electron chi connectivity index (χ0n) is 27.8. The maximum atomic E-state index is 2.44. The average Bonchev–Trinajstić information content (AvgIpc) is 3.32. The molecule has 0 spiro atoms. The van der Waals surface area contributed by atoms with E-state index in [-0.39, 0.29) is 10.8 Å². The van der Waals surface area contributed by atoms with E-state index in [0.29, 0.717) is 0 Å². The van der Waals surface area contributed by atoms with Gasteiger partial charge in [0, 0.05) is 5.41 Å². The van der Waals surface area contributed by atoms with Crippen molar-refractivity contribution in [2.45, 2.75) is 45.4 Å². The molecule has 0 fully saturated rings. The lowest BCUT2D eigenvalue weighted by Gasteiger charge is -2.25. The predicted molar refractivity (Wildman–Crippen MR) is 203 cm³/mol. The van der Waals surface area contributed by atoms with Crippen molar-refractivity contribution in [1.82, 2.24) is 0 Å². The van der Waals surface area contributed by atoms with E-state index in [1.165, 1.54) is 93.5 Å². The molecule has 0 amide bonds. The van der Waals surface area contributed by atoms with Crippen molar-refractivity contribution in [2.24, 2.45) is 0 Å². The Morgan fingerprint density at radius 2 is 0.872 bits per heavy atom. The molecule has 0 aliphatic heterocycles. The minimum Gasteiger partial charge on any atom is -0.0610 e. The van der Waals surface area contributed by atoms with Crippen molar-refractivity contribution in [1.29, 1.82) is 0 Å². The van der Waals surface area contributed by atoms with E-state index >= 15 is 0 Å². The van der Waals surface area contributed by atoms with E-state index in [4.69, 9.17) is 0 Å². The van der Waals surface area contributed by atoms with Crippen LogP contribution in [0.1, 0.15) is 51.3 Å². The summed E-state index contributed by atoms with van der Waals surface area (Å²) in [6.45, 7) is 11.7. The Labute approximate surface area is 277 Å². The quantitative estimate of drug-likeness (QED) is 0.177. The molecule has 226 valence electrons. The van der Waals surface area contributed by atoms with Crippen LogP contribution in [0.25, 0.3) is 76.8 Å². The summed E-state index contributed by atoms with van der Waals surface area (Å²) in [6, 6.07) is 52.6. The van der Waals surface area contributed by atoms with Crippen LogP contribution in [0.15, 0.2) is 140 Å². The summed E-state index contributed by atoms with van der Waals surface area (Å²) in [6.07, 6.45) is 0. The van der Waals surface area contributed by atoms with Crippen LogP contribution in [0.2, 0.25) is 0 Å². The van der Waals surface area contributed by atoms with Crippen molar-refractivity contribution >= 4 is 32.3 Å². The van der Waals surface area contributed by atoms with E-state index in [1.807, 2.05) is 0 Å². The summed E-state index contributed by atoms with van der Waals surface area (Å²) in [7, 11) is 0. The van der Waals surface area contributed by atoms with Crippen LogP contribution in [0, 0.1) is 0 Å². The summed E-state index contributed by atoms with van der Waals surface area (Å²) in [5.74, 6) is 0. The summed E-state index contributed by atoms with van der Waals surface area (Å²) < 4.78 is 0. The Kier molecular flexibility index (Phi) is 5.91. The normalized spacial score (nSPS) is 13.8. The number of hydrogen-bond donors (Lipinski definition) is 0. The fourth-order valence-corrected chi connectivity index (χ4v) is 8.07. The molecule has 0 saturated carbocycles. The van der Waals surface area contributed by atoms with Crippen LogP contribution in [0.5, 0.6) is 0 Å². The Morgan fingerprint density at radius 1 is 0.404 bits per heavy atom. The van der Waals surface area contributed by atoms with Crippen LogP contribution in [0.3, 0.4) is 0 Å². The largest absolute Gasteiger partial charge is 0.0610 e. The van der Waals surface area contributed by atoms with Gasteiger partial charge in [0.05, 0.1) is 0 Å². The van der Waals surface area contributed by atoms with Crippen LogP contribution >= 0.6 is 0 Å². The molecule has 9 rings (SSSR count). The molecule has 0 atom stereocenters. The molecule has 1 aliphatic rings. The van der Waals surface area contributed by atoms with Gasteiger partial charge >= 0.3 is 0 Å². The molecule has 47 heavy (non-hydrogen) atoms. The zero-order chi connectivity index (χ0) is 32.1. The van der Waals surface area contributed by atoms with Gasteiger partial charge in [-0.05, 0) is 105 Å². The first kappa shape index (κ1) is 28.1. The third-order valence-corrected chi connectivity index (χ3v) is 10.8. The first-order valence-electron chi connectivity index (χ1n) is 16.8. The molecule has 0 aromatic heterocycles. The van der Waals surface area contributed by atoms with Gasteiger partial charge in [-0.15, -0.1) is 0 Å². The monoisotopic (exact) mass is 602 g/mol. The van der Waals surface area contributed by atoms with Crippen molar-refractivity contribution in [2.75, 3.05) is 0 Å². The second-order valence-electron chi connectivity index (χ2n) is 15.0. The van der Waals surface area contributed by atoms with Gasteiger partial charge in [0.2, 0.25) is 0 Å². The van der Waals surface area contributed by atoms with Crippen LogP contribution in [0.4, 0.5) is 0 Å². The van der Waals surface area contributed by atoms with Crippen LogP contribution in [-0.2, 0) is 10.8 Å². The number of rotatable bonds is 3. The van der Waals surface area contributed by atoms with Crippen molar-refractivity contribution < 1.29 is 0 Å². The maximum Gasteiger partial charge on any atom is 0.0159 e. The highest BCUT2D eigenvalue weighted by molar-refractivity contribution is 6.25. The van der Waals surface area contributed by atoms with Crippen LogP contribution in [-0.4, -0.2) is 0 Å². The van der Waals surface area contributed by atoms with Crippen molar-refractivity contribution in [3.05, 3.63) is 156 Å². The third-order valence-electron chi connectivity index (χ3n) is 10.8. The topological polar surface area (TPSA) is 0 Å². The summed E-state index contributed by atoms with van der Waals surface area (Å²) >= 11 is 0. The van der Waals surface area contributed by atoms with E-state index in [9.17, 15) is 0 Å². The SMILES string of the molecule is CC(C)(C)c1ccc2c(c1)C(C)(C)c1cc(-c3ccc(-c4ccc(-c5ccc6ccc7cccc8ccc5c6c78)cc4)cc3)ccc1-2. The summed E-state index contributed by atoms with van der Waals surface area (Å²) in [4.78, 5) is 0. The average molecular weight is 603 g/mol. The number of fused-ring (bicyclic) bond motifs is 3. The molecule has 8 aromatic rings. The van der Waals surface area contributed by atoms with E-state index in [0.717, 1.165) is 0 Å². The lowest BCUT2D eigenvalue weighted by molar-refractivity contribution is 0.584. The summed E-state index contributed by atoms with van der Waals surface area (Å²) in [5.41, 5.74) is 14.7. The minimum absolute atomic E-state index is 0.0294. The van der Waals surface area contributed by atoms with Crippen LogP contribution < -0.4 is 0 Å². The molecule has 0 heterocycles. The molecule has 0 unspecified atom stereocenters. The summed E-state index contributed by atoms with van der Waals surface area (Å²) in [5, 5.41) is 7.97. The molecule has 8 aromatic carbocycles. The highest BCUT2D eigenvalue weighted by atomic mass is 14.4. The second-order valence-corrected chi connectivity index (χ2v) is 15.0. The third kappa shape index (κ3) is 4.28. The highest BCUT2D eigenvalue weighted by Crippen LogP contribution is 2.50. The Morgan fingerprint density at radius 3 is 1.51 bits per heavy atom. The number of benzene rings is 8. The van der Waals surface area contributed by atoms with E-state index in [1.54, 1.807) is 0 Å². The standard InChI is InChI=1S/C47H38/c1-46(2,3)37-22-26-40-39-24-21-36(27-42(39)47(4,5)43(40)28-37)31-11-9-29(10-12-31)30-13-15-32(16-14-30)38-23-19-35-18-17-33-7-6-8-34-20-25-41(38)45(35)44(33)34/h6-28H,1-5H3. The van der Waals surface area contributed by atoms with Gasteiger partial charge in [0.1, 0.15) is 0 Å². The van der Waals surface area contributed by atoms with Gasteiger partial charge in [0.15, 0.2) is 0 Å². The smallest absolute Gasteiger partial charge is 0.0159 e. The Hall–Kier alpha value is -5.20. The van der Waals surface area contributed by atoms with Crippen molar-refractivity contribution in [3.8, 4) is 44.5 Å². The molecule has 0 radical (unpaired) electrons. The van der Waals surface area contributed by atoms with E-state index < -0.39 is 0 Å².